The highest BCUT2D eigenvalue weighted by Crippen LogP contribution is 2.43. The van der Waals surface area contributed by atoms with E-state index in [1.807, 2.05) is 27.7 Å². The quantitative estimate of drug-likeness (QED) is 0.450. The van der Waals surface area contributed by atoms with Crippen molar-refractivity contribution in [2.45, 2.75) is 69.7 Å². The molecule has 0 spiro atoms. The van der Waals surface area contributed by atoms with Crippen molar-refractivity contribution in [3.63, 3.8) is 0 Å². The van der Waals surface area contributed by atoms with Gasteiger partial charge in [0.25, 0.3) is 0 Å². The Bertz CT molecular complexity index is 918. The van der Waals surface area contributed by atoms with Gasteiger partial charge in [-0.1, -0.05) is 0 Å². The summed E-state index contributed by atoms with van der Waals surface area (Å²) < 4.78 is 7.12. The van der Waals surface area contributed by atoms with E-state index in [4.69, 9.17) is 4.74 Å². The SMILES string of the molecule is CC1(C)CC(CNc2ncnc3c2ncn3C2OC(CO)C(O)C2O)C(C)(C)N1O. The van der Waals surface area contributed by atoms with Gasteiger partial charge in [-0.25, -0.2) is 15.0 Å². The van der Waals surface area contributed by atoms with Gasteiger partial charge < -0.3 is 30.6 Å². The van der Waals surface area contributed by atoms with Crippen LogP contribution in [-0.2, 0) is 4.74 Å². The Labute approximate surface area is 174 Å². The Kier molecular flexibility index (Phi) is 5.24. The number of aromatic nitrogens is 4. The predicted octanol–water partition coefficient (Wildman–Crippen LogP) is 0.118. The molecule has 0 aromatic carbocycles. The van der Waals surface area contributed by atoms with E-state index in [9.17, 15) is 20.5 Å². The van der Waals surface area contributed by atoms with Gasteiger partial charge in [-0.15, -0.1) is 0 Å². The maximum absolute atomic E-state index is 10.5. The van der Waals surface area contributed by atoms with Crippen molar-refractivity contribution in [3.8, 4) is 0 Å². The van der Waals surface area contributed by atoms with E-state index in [-0.39, 0.29) is 11.5 Å². The van der Waals surface area contributed by atoms with E-state index in [1.165, 1.54) is 22.3 Å². The summed E-state index contributed by atoms with van der Waals surface area (Å²) in [5.74, 6) is 0.709. The van der Waals surface area contributed by atoms with E-state index >= 15 is 0 Å². The molecule has 11 heteroatoms. The van der Waals surface area contributed by atoms with E-state index in [0.717, 1.165) is 6.42 Å². The number of fused-ring (bicyclic) bond motifs is 1. The molecule has 0 saturated carbocycles. The first-order chi connectivity index (χ1) is 14.1. The van der Waals surface area contributed by atoms with E-state index in [1.54, 1.807) is 0 Å². The van der Waals surface area contributed by atoms with Crippen LogP contribution < -0.4 is 5.32 Å². The fourth-order valence-electron chi connectivity index (χ4n) is 4.71. The molecule has 2 aromatic rings. The number of imidazole rings is 1. The molecule has 0 amide bonds. The van der Waals surface area contributed by atoms with E-state index in [2.05, 4.69) is 20.3 Å². The largest absolute Gasteiger partial charge is 0.394 e. The van der Waals surface area contributed by atoms with Crippen molar-refractivity contribution < 1.29 is 25.3 Å². The molecule has 4 rings (SSSR count). The number of aliphatic hydroxyl groups excluding tert-OH is 3. The smallest absolute Gasteiger partial charge is 0.167 e. The van der Waals surface area contributed by atoms with Crippen molar-refractivity contribution in [1.82, 2.24) is 24.6 Å². The first-order valence-corrected chi connectivity index (χ1v) is 10.1. The zero-order chi connectivity index (χ0) is 21.8. The fourth-order valence-corrected chi connectivity index (χ4v) is 4.71. The summed E-state index contributed by atoms with van der Waals surface area (Å²) in [6, 6.07) is 0. The van der Waals surface area contributed by atoms with Gasteiger partial charge in [-0.2, -0.15) is 5.06 Å². The Morgan fingerprint density at radius 1 is 1.17 bits per heavy atom. The van der Waals surface area contributed by atoms with Gasteiger partial charge in [0.1, 0.15) is 24.6 Å². The van der Waals surface area contributed by atoms with Crippen molar-refractivity contribution in [1.29, 1.82) is 0 Å². The molecule has 2 fully saturated rings. The number of nitrogens with one attached hydrogen (secondary N) is 1. The van der Waals surface area contributed by atoms with Gasteiger partial charge in [0.2, 0.25) is 0 Å². The second kappa shape index (κ2) is 7.36. The lowest BCUT2D eigenvalue weighted by molar-refractivity contribution is -0.196. The third kappa shape index (κ3) is 3.26. The molecule has 2 aliphatic rings. The summed E-state index contributed by atoms with van der Waals surface area (Å²) in [7, 11) is 0. The van der Waals surface area contributed by atoms with Gasteiger partial charge in [-0.3, -0.25) is 4.57 Å². The lowest BCUT2D eigenvalue weighted by Crippen LogP contribution is -2.48. The molecule has 5 unspecified atom stereocenters. The van der Waals surface area contributed by atoms with Gasteiger partial charge in [0.05, 0.1) is 12.9 Å². The van der Waals surface area contributed by atoms with E-state index in [0.29, 0.717) is 23.5 Å². The van der Waals surface area contributed by atoms with Crippen molar-refractivity contribution in [2.75, 3.05) is 18.5 Å². The number of hydrogen-bond acceptors (Lipinski definition) is 10. The number of nitrogens with zero attached hydrogens (tertiary/aromatic N) is 5. The zero-order valence-electron chi connectivity index (χ0n) is 17.6. The van der Waals surface area contributed by atoms with Crippen LogP contribution in [0.2, 0.25) is 0 Å². The van der Waals surface area contributed by atoms with Crippen molar-refractivity contribution in [2.24, 2.45) is 5.92 Å². The first kappa shape index (κ1) is 21.3. The number of rotatable bonds is 5. The molecular weight excluding hydrogens is 392 g/mol. The van der Waals surface area contributed by atoms with Crippen LogP contribution in [-0.4, -0.2) is 87.7 Å². The summed E-state index contributed by atoms with van der Waals surface area (Å²) in [5.41, 5.74) is 0.223. The lowest BCUT2D eigenvalue weighted by atomic mass is 9.87. The summed E-state index contributed by atoms with van der Waals surface area (Å²) in [6.45, 7) is 8.24. The van der Waals surface area contributed by atoms with Crippen molar-refractivity contribution in [3.05, 3.63) is 12.7 Å². The molecule has 30 heavy (non-hydrogen) atoms. The second-order valence-corrected chi connectivity index (χ2v) is 9.34. The van der Waals surface area contributed by atoms with Crippen LogP contribution in [0.25, 0.3) is 11.2 Å². The maximum Gasteiger partial charge on any atom is 0.167 e. The molecule has 5 N–H and O–H groups in total. The Morgan fingerprint density at radius 2 is 1.90 bits per heavy atom. The van der Waals surface area contributed by atoms with Crippen LogP contribution in [0, 0.1) is 5.92 Å². The second-order valence-electron chi connectivity index (χ2n) is 9.34. The molecule has 166 valence electrons. The highest BCUT2D eigenvalue weighted by atomic mass is 16.6. The van der Waals surface area contributed by atoms with Gasteiger partial charge in [0.15, 0.2) is 23.2 Å². The maximum atomic E-state index is 10.5. The number of aliphatic hydroxyl groups is 3. The highest BCUT2D eigenvalue weighted by Gasteiger charge is 2.51. The minimum absolute atomic E-state index is 0.171. The minimum atomic E-state index is -1.22. The van der Waals surface area contributed by atoms with Crippen molar-refractivity contribution >= 4 is 17.0 Å². The fraction of sp³-hybridized carbons (Fsp3) is 0.737. The molecule has 0 aliphatic carbocycles. The molecule has 4 heterocycles. The van der Waals surface area contributed by atoms with Gasteiger partial charge >= 0.3 is 0 Å². The van der Waals surface area contributed by atoms with Crippen LogP contribution in [0.15, 0.2) is 12.7 Å². The number of hydroxylamine groups is 2. The zero-order valence-corrected chi connectivity index (χ0v) is 17.6. The predicted molar refractivity (Wildman–Crippen MR) is 107 cm³/mol. The normalized spacial score (nSPS) is 33.4. The number of ether oxygens (including phenoxy) is 1. The average Bonchev–Trinajstić information content (AvgIpc) is 3.30. The van der Waals surface area contributed by atoms with Gasteiger partial charge in [0, 0.05) is 17.6 Å². The number of anilines is 1. The monoisotopic (exact) mass is 422 g/mol. The van der Waals surface area contributed by atoms with Crippen LogP contribution in [0.5, 0.6) is 0 Å². The topological polar surface area (TPSA) is 149 Å². The molecule has 0 radical (unpaired) electrons. The summed E-state index contributed by atoms with van der Waals surface area (Å²) in [5, 5.41) is 45.0. The molecule has 2 saturated heterocycles. The number of hydrogen-bond donors (Lipinski definition) is 5. The van der Waals surface area contributed by atoms with Crippen LogP contribution in [0.1, 0.15) is 40.3 Å². The molecule has 5 atom stereocenters. The standard InChI is InChI=1S/C19H30N6O5/c1-18(2)5-10(19(3,4)25(18)29)6-20-15-12-16(22-8-21-15)24(9-23-12)17-14(28)13(27)11(7-26)30-17/h8-11,13-14,17,26-29H,5-7H2,1-4H3,(H,20,21,22). The lowest BCUT2D eigenvalue weighted by Gasteiger charge is -2.36. The Hall–Kier alpha value is -1.89. The molecule has 2 aliphatic heterocycles. The van der Waals surface area contributed by atoms with Crippen LogP contribution in [0.4, 0.5) is 5.82 Å². The molecule has 2 aromatic heterocycles. The first-order valence-electron chi connectivity index (χ1n) is 10.1. The van der Waals surface area contributed by atoms with E-state index < -0.39 is 36.7 Å². The molecular formula is C19H30N6O5. The third-order valence-electron chi connectivity index (χ3n) is 6.53. The minimum Gasteiger partial charge on any atom is -0.394 e. The third-order valence-corrected chi connectivity index (χ3v) is 6.53. The molecule has 0 bridgehead atoms. The summed E-state index contributed by atoms with van der Waals surface area (Å²) >= 11 is 0. The Morgan fingerprint density at radius 3 is 2.50 bits per heavy atom. The summed E-state index contributed by atoms with van der Waals surface area (Å²) in [4.78, 5) is 13.0. The Balaban J connectivity index is 1.56. The molecule has 11 nitrogen and oxygen atoms in total. The highest BCUT2D eigenvalue weighted by molar-refractivity contribution is 5.82. The van der Waals surface area contributed by atoms with Crippen LogP contribution >= 0.6 is 0 Å². The van der Waals surface area contributed by atoms with Gasteiger partial charge in [-0.05, 0) is 40.0 Å². The average molecular weight is 422 g/mol. The summed E-state index contributed by atoms with van der Waals surface area (Å²) in [6.07, 6.45) is -0.530. The van der Waals surface area contributed by atoms with Crippen LogP contribution in [0.3, 0.4) is 0 Å².